The van der Waals surface area contributed by atoms with E-state index in [4.69, 9.17) is 9.57 Å². The number of benzene rings is 3. The molecule has 5 nitrogen and oxygen atoms in total. The summed E-state index contributed by atoms with van der Waals surface area (Å²) < 4.78 is 19.3. The molecule has 0 saturated heterocycles. The van der Waals surface area contributed by atoms with E-state index in [-0.39, 0.29) is 17.8 Å². The van der Waals surface area contributed by atoms with Crippen LogP contribution in [-0.2, 0) is 11.4 Å². The van der Waals surface area contributed by atoms with Crippen molar-refractivity contribution in [2.45, 2.75) is 19.1 Å². The van der Waals surface area contributed by atoms with Crippen LogP contribution in [0.3, 0.4) is 0 Å². The minimum absolute atomic E-state index is 0.116. The summed E-state index contributed by atoms with van der Waals surface area (Å²) in [5.74, 6) is 0.239. The molecule has 0 unspecified atom stereocenters. The normalized spacial score (nSPS) is 15.2. The SMILES string of the molecule is COc1ccc(C(=O)N(Cc2ccccc2)C[C@@H]2CC(c3ccccc3F)=NO2)cc1. The molecule has 0 fully saturated rings. The lowest BCUT2D eigenvalue weighted by Gasteiger charge is -2.25. The third kappa shape index (κ3) is 4.91. The first kappa shape index (κ1) is 20.6. The molecule has 0 aliphatic carbocycles. The van der Waals surface area contributed by atoms with Crippen molar-refractivity contribution in [1.29, 1.82) is 0 Å². The summed E-state index contributed by atoms with van der Waals surface area (Å²) in [6.45, 7) is 0.766. The Morgan fingerprint density at radius 1 is 1.06 bits per heavy atom. The van der Waals surface area contributed by atoms with E-state index in [0.717, 1.165) is 5.56 Å². The van der Waals surface area contributed by atoms with Crippen LogP contribution in [0.25, 0.3) is 0 Å². The largest absolute Gasteiger partial charge is 0.497 e. The van der Waals surface area contributed by atoms with Gasteiger partial charge in [-0.25, -0.2) is 4.39 Å². The van der Waals surface area contributed by atoms with E-state index in [0.29, 0.717) is 42.1 Å². The van der Waals surface area contributed by atoms with Crippen LogP contribution < -0.4 is 4.74 Å². The van der Waals surface area contributed by atoms with E-state index in [1.807, 2.05) is 30.3 Å². The van der Waals surface area contributed by atoms with Crippen LogP contribution in [0, 0.1) is 5.82 Å². The minimum atomic E-state index is -0.347. The van der Waals surface area contributed by atoms with Crippen LogP contribution in [0.1, 0.15) is 27.9 Å². The predicted octanol–water partition coefficient (Wildman–Crippen LogP) is 4.67. The maximum absolute atomic E-state index is 14.1. The monoisotopic (exact) mass is 418 g/mol. The van der Waals surface area contributed by atoms with E-state index < -0.39 is 0 Å². The van der Waals surface area contributed by atoms with E-state index in [9.17, 15) is 9.18 Å². The lowest BCUT2D eigenvalue weighted by atomic mass is 10.0. The summed E-state index contributed by atoms with van der Waals surface area (Å²) in [5, 5.41) is 4.09. The fourth-order valence-electron chi connectivity index (χ4n) is 3.57. The van der Waals surface area contributed by atoms with E-state index in [1.165, 1.54) is 6.07 Å². The maximum Gasteiger partial charge on any atom is 0.254 e. The first-order chi connectivity index (χ1) is 15.1. The standard InChI is InChI=1S/C25H23FN2O3/c1-30-20-13-11-19(12-14-20)25(29)28(16-18-7-3-2-4-8-18)17-21-15-24(27-31-21)22-9-5-6-10-23(22)26/h2-14,21H,15-17H2,1H3/t21-/m0/s1. The van der Waals surface area contributed by atoms with Crippen molar-refractivity contribution in [3.63, 3.8) is 0 Å². The van der Waals surface area contributed by atoms with Crippen molar-refractivity contribution in [2.24, 2.45) is 5.16 Å². The van der Waals surface area contributed by atoms with Gasteiger partial charge in [-0.05, 0) is 35.9 Å². The Hall–Kier alpha value is -3.67. The topological polar surface area (TPSA) is 51.1 Å². The summed E-state index contributed by atoms with van der Waals surface area (Å²) in [6.07, 6.45) is 0.0859. The second-order valence-electron chi connectivity index (χ2n) is 7.35. The Morgan fingerprint density at radius 2 is 1.77 bits per heavy atom. The summed E-state index contributed by atoms with van der Waals surface area (Å²) in [6, 6.07) is 23.3. The molecule has 1 atom stereocenters. The predicted molar refractivity (Wildman–Crippen MR) is 117 cm³/mol. The van der Waals surface area contributed by atoms with Crippen molar-refractivity contribution < 1.29 is 18.8 Å². The zero-order valence-electron chi connectivity index (χ0n) is 17.2. The smallest absolute Gasteiger partial charge is 0.254 e. The number of hydrogen-bond acceptors (Lipinski definition) is 4. The molecule has 31 heavy (non-hydrogen) atoms. The molecule has 4 rings (SSSR count). The highest BCUT2D eigenvalue weighted by Crippen LogP contribution is 2.22. The molecule has 1 aliphatic rings. The lowest BCUT2D eigenvalue weighted by Crippen LogP contribution is -2.37. The quantitative estimate of drug-likeness (QED) is 0.560. The van der Waals surface area contributed by atoms with Crippen LogP contribution in [0.2, 0.25) is 0 Å². The van der Waals surface area contributed by atoms with Gasteiger partial charge in [-0.15, -0.1) is 0 Å². The van der Waals surface area contributed by atoms with E-state index >= 15 is 0 Å². The Bertz CT molecular complexity index is 1070. The number of methoxy groups -OCH3 is 1. The molecule has 1 amide bonds. The van der Waals surface area contributed by atoms with Crippen LogP contribution in [0.15, 0.2) is 84.0 Å². The summed E-state index contributed by atoms with van der Waals surface area (Å²) >= 11 is 0. The number of ether oxygens (including phenoxy) is 1. The van der Waals surface area contributed by atoms with Crippen molar-refractivity contribution in [1.82, 2.24) is 4.90 Å². The molecule has 1 aliphatic heterocycles. The lowest BCUT2D eigenvalue weighted by molar-refractivity contribution is 0.0405. The Labute approximate surface area is 180 Å². The number of amides is 1. The molecule has 158 valence electrons. The van der Waals surface area contributed by atoms with Gasteiger partial charge in [-0.1, -0.05) is 53.7 Å². The maximum atomic E-state index is 14.1. The third-order valence-electron chi connectivity index (χ3n) is 5.18. The van der Waals surface area contributed by atoms with Crippen LogP contribution in [0.5, 0.6) is 5.75 Å². The van der Waals surface area contributed by atoms with Gasteiger partial charge in [0.2, 0.25) is 0 Å². The molecular weight excluding hydrogens is 395 g/mol. The molecule has 1 heterocycles. The van der Waals surface area contributed by atoms with Gasteiger partial charge in [0, 0.05) is 24.1 Å². The van der Waals surface area contributed by atoms with Crippen LogP contribution in [-0.4, -0.2) is 36.3 Å². The molecule has 3 aromatic rings. The van der Waals surface area contributed by atoms with E-state index in [2.05, 4.69) is 5.16 Å². The number of rotatable bonds is 7. The molecule has 3 aromatic carbocycles. The van der Waals surface area contributed by atoms with Gasteiger partial charge in [0.25, 0.3) is 5.91 Å². The first-order valence-electron chi connectivity index (χ1n) is 10.1. The van der Waals surface area contributed by atoms with Gasteiger partial charge in [0.1, 0.15) is 11.6 Å². The zero-order valence-corrected chi connectivity index (χ0v) is 17.2. The van der Waals surface area contributed by atoms with Crippen molar-refractivity contribution in [3.05, 3.63) is 101 Å². The minimum Gasteiger partial charge on any atom is -0.497 e. The highest BCUT2D eigenvalue weighted by atomic mass is 19.1. The van der Waals surface area contributed by atoms with Gasteiger partial charge < -0.3 is 14.5 Å². The molecule has 0 N–H and O–H groups in total. The van der Waals surface area contributed by atoms with Gasteiger partial charge >= 0.3 is 0 Å². The van der Waals surface area contributed by atoms with Crippen LogP contribution in [0.4, 0.5) is 4.39 Å². The molecule has 0 radical (unpaired) electrons. The summed E-state index contributed by atoms with van der Waals surface area (Å²) in [5.41, 5.74) is 2.56. The van der Waals surface area contributed by atoms with Gasteiger partial charge in [0.15, 0.2) is 6.10 Å². The van der Waals surface area contributed by atoms with Gasteiger partial charge in [-0.3, -0.25) is 4.79 Å². The second-order valence-corrected chi connectivity index (χ2v) is 7.35. The van der Waals surface area contributed by atoms with E-state index in [1.54, 1.807) is 54.5 Å². The first-order valence-corrected chi connectivity index (χ1v) is 10.1. The van der Waals surface area contributed by atoms with Gasteiger partial charge in [-0.2, -0.15) is 0 Å². The molecule has 0 spiro atoms. The Balaban J connectivity index is 1.51. The van der Waals surface area contributed by atoms with Gasteiger partial charge in [0.05, 0.1) is 19.4 Å². The number of hydrogen-bond donors (Lipinski definition) is 0. The number of halogens is 1. The summed E-state index contributed by atoms with van der Waals surface area (Å²) in [7, 11) is 1.59. The second kappa shape index (κ2) is 9.43. The molecule has 0 saturated carbocycles. The molecule has 0 bridgehead atoms. The van der Waals surface area contributed by atoms with Crippen molar-refractivity contribution >= 4 is 11.6 Å². The summed E-state index contributed by atoms with van der Waals surface area (Å²) in [4.78, 5) is 20.6. The number of carbonyl (C=O) groups is 1. The fourth-order valence-corrected chi connectivity index (χ4v) is 3.57. The zero-order chi connectivity index (χ0) is 21.6. The Kier molecular flexibility index (Phi) is 6.26. The van der Waals surface area contributed by atoms with Crippen molar-refractivity contribution in [2.75, 3.05) is 13.7 Å². The number of oxime groups is 1. The fraction of sp³-hybridized carbons (Fsp3) is 0.200. The number of nitrogens with zero attached hydrogens (tertiary/aromatic N) is 2. The highest BCUT2D eigenvalue weighted by molar-refractivity contribution is 6.01. The van der Waals surface area contributed by atoms with Crippen molar-refractivity contribution in [3.8, 4) is 5.75 Å². The molecule has 6 heteroatoms. The number of carbonyl (C=O) groups excluding carboxylic acids is 1. The average molecular weight is 418 g/mol. The average Bonchev–Trinajstić information content (AvgIpc) is 3.27. The highest BCUT2D eigenvalue weighted by Gasteiger charge is 2.28. The third-order valence-corrected chi connectivity index (χ3v) is 5.18. The molecular formula is C25H23FN2O3. The Morgan fingerprint density at radius 3 is 2.48 bits per heavy atom. The molecule has 0 aromatic heterocycles. The van der Waals surface area contributed by atoms with Crippen LogP contribution >= 0.6 is 0 Å².